The van der Waals surface area contributed by atoms with E-state index < -0.39 is 0 Å². The summed E-state index contributed by atoms with van der Waals surface area (Å²) in [6.07, 6.45) is 0. The second-order valence-corrected chi connectivity index (χ2v) is 5.18. The van der Waals surface area contributed by atoms with Gasteiger partial charge in [-0.25, -0.2) is 4.68 Å². The number of halogens is 1. The molecule has 1 aromatic carbocycles. The molecule has 21 heavy (non-hydrogen) atoms. The van der Waals surface area contributed by atoms with Crippen molar-refractivity contribution >= 4 is 17.5 Å². The minimum atomic E-state index is -0.287. The van der Waals surface area contributed by atoms with Gasteiger partial charge < -0.3 is 9.64 Å². The molecular weight excluding hydrogens is 294 g/mol. The molecule has 0 aliphatic rings. The van der Waals surface area contributed by atoms with E-state index in [1.54, 1.807) is 39.2 Å². The molecule has 0 bridgehead atoms. The Labute approximate surface area is 126 Å². The van der Waals surface area contributed by atoms with Gasteiger partial charge >= 0.3 is 0 Å². The summed E-state index contributed by atoms with van der Waals surface area (Å²) >= 11 is 5.97. The van der Waals surface area contributed by atoms with Crippen LogP contribution in [0.4, 0.5) is 0 Å². The topological polar surface area (TPSA) is 67.3 Å². The van der Waals surface area contributed by atoms with Crippen LogP contribution < -0.4 is 10.3 Å². The van der Waals surface area contributed by atoms with E-state index in [1.165, 1.54) is 16.7 Å². The zero-order chi connectivity index (χ0) is 15.7. The number of nitrogens with zero attached hydrogens (tertiary/aromatic N) is 2. The van der Waals surface area contributed by atoms with Crippen LogP contribution in [0.15, 0.2) is 23.0 Å². The molecule has 0 spiro atoms. The average molecular weight is 310 g/mol. The summed E-state index contributed by atoms with van der Waals surface area (Å²) < 4.78 is 6.43. The lowest BCUT2D eigenvalue weighted by Gasteiger charge is -2.09. The molecule has 1 amide bonds. The highest BCUT2D eigenvalue weighted by Gasteiger charge is 2.19. The highest BCUT2D eigenvalue weighted by Crippen LogP contribution is 2.26. The monoisotopic (exact) mass is 309 g/mol. The van der Waals surface area contributed by atoms with E-state index in [2.05, 4.69) is 5.10 Å². The first-order valence-corrected chi connectivity index (χ1v) is 6.61. The van der Waals surface area contributed by atoms with Crippen molar-refractivity contribution in [1.29, 1.82) is 0 Å². The predicted octanol–water partition coefficient (Wildman–Crippen LogP) is 1.84. The van der Waals surface area contributed by atoms with Crippen molar-refractivity contribution in [3.8, 4) is 11.4 Å². The maximum Gasteiger partial charge on any atom is 0.274 e. The van der Waals surface area contributed by atoms with Crippen molar-refractivity contribution in [2.75, 3.05) is 21.2 Å². The lowest BCUT2D eigenvalue weighted by Crippen LogP contribution is -2.23. The van der Waals surface area contributed by atoms with Crippen molar-refractivity contribution in [1.82, 2.24) is 14.7 Å². The normalized spacial score (nSPS) is 10.5. The van der Waals surface area contributed by atoms with Crippen LogP contribution in [0.3, 0.4) is 0 Å². The number of carbonyl (C=O) groups excluding carboxylic acids is 1. The summed E-state index contributed by atoms with van der Waals surface area (Å²) in [7, 11) is 4.75. The number of hydrogen-bond acceptors (Lipinski definition) is 3. The summed E-state index contributed by atoms with van der Waals surface area (Å²) in [6, 6.07) is 4.93. The number of amides is 1. The third kappa shape index (κ3) is 2.67. The molecule has 0 radical (unpaired) electrons. The molecule has 0 aliphatic heterocycles. The van der Waals surface area contributed by atoms with Gasteiger partial charge in [0.15, 0.2) is 0 Å². The van der Waals surface area contributed by atoms with E-state index in [1.807, 2.05) is 0 Å². The standard InChI is InChI=1S/C14H16ClN3O3/c1-8-12(14(20)17(2)3)16-18(13(8)19)9-5-6-10(15)11(7-9)21-4/h5-7,16H,1-4H3. The van der Waals surface area contributed by atoms with E-state index in [9.17, 15) is 9.59 Å². The number of hydrogen-bond donors (Lipinski definition) is 1. The summed E-state index contributed by atoms with van der Waals surface area (Å²) in [6.45, 7) is 1.61. The minimum Gasteiger partial charge on any atom is -0.495 e. The summed E-state index contributed by atoms with van der Waals surface area (Å²) in [5, 5.41) is 3.28. The van der Waals surface area contributed by atoms with Crippen molar-refractivity contribution in [2.45, 2.75) is 6.92 Å². The van der Waals surface area contributed by atoms with Crippen molar-refractivity contribution < 1.29 is 9.53 Å². The fourth-order valence-corrected chi connectivity index (χ4v) is 2.12. The third-order valence-electron chi connectivity index (χ3n) is 3.14. The van der Waals surface area contributed by atoms with Gasteiger partial charge in [-0.15, -0.1) is 0 Å². The molecule has 0 saturated carbocycles. The number of ether oxygens (including phenoxy) is 1. The van der Waals surface area contributed by atoms with E-state index in [0.29, 0.717) is 22.0 Å². The Morgan fingerprint density at radius 2 is 2.05 bits per heavy atom. The Balaban J connectivity index is 2.58. The van der Waals surface area contributed by atoms with E-state index in [4.69, 9.17) is 16.3 Å². The highest BCUT2D eigenvalue weighted by molar-refractivity contribution is 6.32. The molecule has 112 valence electrons. The van der Waals surface area contributed by atoms with Gasteiger partial charge in [-0.3, -0.25) is 14.7 Å². The number of aromatic amines is 1. The fraction of sp³-hybridized carbons (Fsp3) is 0.286. The molecule has 0 saturated heterocycles. The van der Waals surface area contributed by atoms with E-state index >= 15 is 0 Å². The molecule has 1 heterocycles. The van der Waals surface area contributed by atoms with Gasteiger partial charge in [0.2, 0.25) is 0 Å². The van der Waals surface area contributed by atoms with Crippen LogP contribution in [0, 0.1) is 6.92 Å². The quantitative estimate of drug-likeness (QED) is 0.940. The van der Waals surface area contributed by atoms with Crippen LogP contribution in [0.2, 0.25) is 5.02 Å². The molecule has 2 rings (SSSR count). The average Bonchev–Trinajstić information content (AvgIpc) is 2.75. The van der Waals surface area contributed by atoms with Crippen LogP contribution in [0.5, 0.6) is 5.75 Å². The van der Waals surface area contributed by atoms with Gasteiger partial charge in [-0.05, 0) is 19.1 Å². The number of aromatic nitrogens is 2. The van der Waals surface area contributed by atoms with Gasteiger partial charge in [0.25, 0.3) is 11.5 Å². The van der Waals surface area contributed by atoms with Crippen molar-refractivity contribution in [3.63, 3.8) is 0 Å². The number of H-pyrrole nitrogens is 1. The molecule has 2 aromatic rings. The Kier molecular flexibility index (Phi) is 4.09. The predicted molar refractivity (Wildman–Crippen MR) is 80.7 cm³/mol. The molecule has 7 heteroatoms. The Morgan fingerprint density at radius 3 is 2.62 bits per heavy atom. The summed E-state index contributed by atoms with van der Waals surface area (Å²) in [5.74, 6) is 0.193. The Bertz CT molecular complexity index is 746. The van der Waals surface area contributed by atoms with Crippen LogP contribution >= 0.6 is 11.6 Å². The van der Waals surface area contributed by atoms with Gasteiger partial charge in [0, 0.05) is 25.7 Å². The third-order valence-corrected chi connectivity index (χ3v) is 3.45. The van der Waals surface area contributed by atoms with Crippen LogP contribution in [-0.2, 0) is 0 Å². The molecule has 0 atom stereocenters. The first-order valence-electron chi connectivity index (χ1n) is 6.24. The lowest BCUT2D eigenvalue weighted by atomic mass is 10.2. The largest absolute Gasteiger partial charge is 0.495 e. The zero-order valence-electron chi connectivity index (χ0n) is 12.2. The van der Waals surface area contributed by atoms with Crippen molar-refractivity contribution in [3.05, 3.63) is 44.8 Å². The number of methoxy groups -OCH3 is 1. The molecule has 0 aliphatic carbocycles. The lowest BCUT2D eigenvalue weighted by molar-refractivity contribution is 0.0821. The number of rotatable bonds is 3. The molecular formula is C14H16ClN3O3. The number of nitrogens with one attached hydrogen (secondary N) is 1. The maximum absolute atomic E-state index is 12.3. The van der Waals surface area contributed by atoms with Gasteiger partial charge in [0.05, 0.1) is 17.8 Å². The van der Waals surface area contributed by atoms with E-state index in [0.717, 1.165) is 0 Å². The second kappa shape index (κ2) is 5.65. The van der Waals surface area contributed by atoms with Crippen LogP contribution in [-0.4, -0.2) is 41.8 Å². The van der Waals surface area contributed by atoms with Crippen LogP contribution in [0.1, 0.15) is 16.1 Å². The maximum atomic E-state index is 12.3. The molecule has 1 aromatic heterocycles. The van der Waals surface area contributed by atoms with E-state index in [-0.39, 0.29) is 17.2 Å². The van der Waals surface area contributed by atoms with Crippen molar-refractivity contribution in [2.24, 2.45) is 0 Å². The number of carbonyl (C=O) groups is 1. The number of benzene rings is 1. The second-order valence-electron chi connectivity index (χ2n) is 4.77. The first kappa shape index (κ1) is 15.2. The molecule has 0 unspecified atom stereocenters. The first-order chi connectivity index (χ1) is 9.86. The summed E-state index contributed by atoms with van der Waals surface area (Å²) in [4.78, 5) is 25.7. The molecule has 1 N–H and O–H groups in total. The molecule has 6 nitrogen and oxygen atoms in total. The highest BCUT2D eigenvalue weighted by atomic mass is 35.5. The smallest absolute Gasteiger partial charge is 0.274 e. The fourth-order valence-electron chi connectivity index (χ4n) is 1.92. The molecule has 0 fully saturated rings. The zero-order valence-corrected chi connectivity index (χ0v) is 13.0. The SMILES string of the molecule is COc1cc(-n2[nH]c(C(=O)N(C)C)c(C)c2=O)ccc1Cl. The van der Waals surface area contributed by atoms with Gasteiger partial charge in [0.1, 0.15) is 11.4 Å². The minimum absolute atomic E-state index is 0.260. The Hall–Kier alpha value is -2.21. The Morgan fingerprint density at radius 1 is 1.38 bits per heavy atom. The van der Waals surface area contributed by atoms with Crippen LogP contribution in [0.25, 0.3) is 5.69 Å². The van der Waals surface area contributed by atoms with Gasteiger partial charge in [-0.1, -0.05) is 11.6 Å². The summed E-state index contributed by atoms with van der Waals surface area (Å²) in [5.41, 5.74) is 0.883. The van der Waals surface area contributed by atoms with Gasteiger partial charge in [-0.2, -0.15) is 0 Å².